The number of para-hydroxylation sites is 1. The lowest BCUT2D eigenvalue weighted by Crippen LogP contribution is -3.12. The quantitative estimate of drug-likeness (QED) is 0.665. The van der Waals surface area contributed by atoms with Crippen LogP contribution in [0, 0.1) is 6.92 Å². The van der Waals surface area contributed by atoms with Gasteiger partial charge < -0.3 is 10.2 Å². The SMILES string of the molecule is CCc1ccc(-c2nn(-c3ccccc3C)cc2C[NH2+]C2CC[NH+](C)CC2)cc1. The highest BCUT2D eigenvalue weighted by atomic mass is 15.3. The molecule has 0 radical (unpaired) electrons. The van der Waals surface area contributed by atoms with Crippen LogP contribution in [0.4, 0.5) is 0 Å². The van der Waals surface area contributed by atoms with E-state index in [-0.39, 0.29) is 0 Å². The van der Waals surface area contributed by atoms with Gasteiger partial charge in [0, 0.05) is 24.6 Å². The molecule has 0 atom stereocenters. The van der Waals surface area contributed by atoms with Crippen LogP contribution in [-0.4, -0.2) is 36.0 Å². The highest BCUT2D eigenvalue weighted by molar-refractivity contribution is 5.63. The van der Waals surface area contributed by atoms with Gasteiger partial charge in [-0.3, -0.25) is 0 Å². The number of piperidine rings is 1. The predicted molar refractivity (Wildman–Crippen MR) is 118 cm³/mol. The summed E-state index contributed by atoms with van der Waals surface area (Å²) < 4.78 is 2.07. The van der Waals surface area contributed by atoms with Crippen molar-refractivity contribution >= 4 is 0 Å². The van der Waals surface area contributed by atoms with Crippen LogP contribution in [0.1, 0.15) is 36.5 Å². The highest BCUT2D eigenvalue weighted by Gasteiger charge is 2.23. The zero-order valence-corrected chi connectivity index (χ0v) is 18.0. The Hall–Kier alpha value is -2.43. The first kappa shape index (κ1) is 19.9. The molecule has 1 aliphatic heterocycles. The Morgan fingerprint density at radius 2 is 1.79 bits per heavy atom. The van der Waals surface area contributed by atoms with E-state index >= 15 is 0 Å². The van der Waals surface area contributed by atoms with Crippen molar-refractivity contribution in [3.8, 4) is 16.9 Å². The smallest absolute Gasteiger partial charge is 0.105 e. The van der Waals surface area contributed by atoms with E-state index in [0.717, 1.165) is 30.4 Å². The molecule has 29 heavy (non-hydrogen) atoms. The van der Waals surface area contributed by atoms with Crippen LogP contribution in [0.2, 0.25) is 0 Å². The molecule has 1 aromatic heterocycles. The number of likely N-dealkylation sites (tertiary alicyclic amines) is 1. The fraction of sp³-hybridized carbons (Fsp3) is 0.400. The molecule has 0 bridgehead atoms. The van der Waals surface area contributed by atoms with Crippen LogP contribution in [0.25, 0.3) is 16.9 Å². The molecule has 0 saturated carbocycles. The minimum absolute atomic E-state index is 0.732. The lowest BCUT2D eigenvalue weighted by molar-refractivity contribution is -0.894. The molecular weight excluding hydrogens is 356 g/mol. The number of nitrogens with one attached hydrogen (secondary N) is 1. The second-order valence-corrected chi connectivity index (χ2v) is 8.52. The number of nitrogens with two attached hydrogens (primary N) is 1. The van der Waals surface area contributed by atoms with Crippen LogP contribution in [0.15, 0.2) is 54.7 Å². The topological polar surface area (TPSA) is 38.9 Å². The third-order valence-corrected chi connectivity index (χ3v) is 6.34. The Labute approximate surface area is 174 Å². The summed E-state index contributed by atoms with van der Waals surface area (Å²) in [4.78, 5) is 1.67. The monoisotopic (exact) mass is 390 g/mol. The van der Waals surface area contributed by atoms with E-state index in [9.17, 15) is 0 Å². The minimum Gasteiger partial charge on any atom is -0.340 e. The maximum Gasteiger partial charge on any atom is 0.105 e. The van der Waals surface area contributed by atoms with Gasteiger partial charge >= 0.3 is 0 Å². The van der Waals surface area contributed by atoms with Crippen molar-refractivity contribution in [1.82, 2.24) is 9.78 Å². The van der Waals surface area contributed by atoms with E-state index in [1.807, 2.05) is 0 Å². The highest BCUT2D eigenvalue weighted by Crippen LogP contribution is 2.25. The van der Waals surface area contributed by atoms with Crippen LogP contribution < -0.4 is 10.2 Å². The van der Waals surface area contributed by atoms with Gasteiger partial charge in [-0.25, -0.2) is 4.68 Å². The van der Waals surface area contributed by atoms with Crippen LogP contribution in [-0.2, 0) is 13.0 Å². The molecule has 0 amide bonds. The van der Waals surface area contributed by atoms with Crippen LogP contribution >= 0.6 is 0 Å². The molecule has 1 aliphatic rings. The Bertz CT molecular complexity index is 934. The predicted octanol–water partition coefficient (Wildman–Crippen LogP) is 2.15. The Morgan fingerprint density at radius 3 is 2.48 bits per heavy atom. The van der Waals surface area contributed by atoms with Crippen molar-refractivity contribution < 1.29 is 10.2 Å². The van der Waals surface area contributed by atoms with Crippen LogP contribution in [0.3, 0.4) is 0 Å². The van der Waals surface area contributed by atoms with Crippen molar-refractivity contribution in [3.05, 3.63) is 71.4 Å². The number of nitrogens with zero attached hydrogens (tertiary/aromatic N) is 2. The average Bonchev–Trinajstić information content (AvgIpc) is 3.18. The fourth-order valence-corrected chi connectivity index (χ4v) is 4.31. The van der Waals surface area contributed by atoms with Crippen molar-refractivity contribution in [2.45, 2.75) is 45.7 Å². The second kappa shape index (κ2) is 8.93. The van der Waals surface area contributed by atoms with Gasteiger partial charge in [0.05, 0.1) is 37.4 Å². The molecule has 2 heterocycles. The van der Waals surface area contributed by atoms with Crippen molar-refractivity contribution in [1.29, 1.82) is 0 Å². The summed E-state index contributed by atoms with van der Waals surface area (Å²) in [5.74, 6) is 0. The first-order valence-corrected chi connectivity index (χ1v) is 11.0. The molecule has 152 valence electrons. The molecular formula is C25H34N4+2. The number of hydrogen-bond donors (Lipinski definition) is 2. The Morgan fingerprint density at radius 1 is 1.07 bits per heavy atom. The lowest BCUT2D eigenvalue weighted by Gasteiger charge is -2.24. The van der Waals surface area contributed by atoms with Gasteiger partial charge in [0.15, 0.2) is 0 Å². The summed E-state index contributed by atoms with van der Waals surface area (Å²) >= 11 is 0. The number of aryl methyl sites for hydroxylation is 2. The summed E-state index contributed by atoms with van der Waals surface area (Å²) in [5.41, 5.74) is 7.43. The molecule has 4 nitrogen and oxygen atoms in total. The maximum atomic E-state index is 5.04. The standard InChI is InChI=1S/C25H32N4/c1-4-20-9-11-21(12-10-20)25-22(17-26-23-13-15-28(3)16-14-23)18-29(27-25)24-8-6-5-7-19(24)2/h5-12,18,23,26H,4,13-17H2,1-3H3/p+2. The van der Waals surface area contributed by atoms with Gasteiger partial charge in [0.2, 0.25) is 0 Å². The molecule has 2 aromatic carbocycles. The number of hydrogen-bond acceptors (Lipinski definition) is 1. The lowest BCUT2D eigenvalue weighted by atomic mass is 10.0. The molecule has 3 aromatic rings. The molecule has 4 rings (SSSR count). The summed E-state index contributed by atoms with van der Waals surface area (Å²) in [7, 11) is 2.31. The second-order valence-electron chi connectivity index (χ2n) is 8.52. The van der Waals surface area contributed by atoms with E-state index in [0.29, 0.717) is 0 Å². The molecule has 1 fully saturated rings. The summed E-state index contributed by atoms with van der Waals surface area (Å²) in [6.45, 7) is 7.91. The van der Waals surface area contributed by atoms with Gasteiger partial charge in [0.1, 0.15) is 12.2 Å². The average molecular weight is 391 g/mol. The van der Waals surface area contributed by atoms with Gasteiger partial charge in [-0.15, -0.1) is 0 Å². The molecule has 3 N–H and O–H groups in total. The van der Waals surface area contributed by atoms with Crippen molar-refractivity contribution in [2.75, 3.05) is 20.1 Å². The normalized spacial score (nSPS) is 19.4. The van der Waals surface area contributed by atoms with Crippen molar-refractivity contribution in [3.63, 3.8) is 0 Å². The maximum absolute atomic E-state index is 5.04. The number of benzene rings is 2. The first-order valence-electron chi connectivity index (χ1n) is 11.0. The van der Waals surface area contributed by atoms with E-state index < -0.39 is 0 Å². The largest absolute Gasteiger partial charge is 0.340 e. The number of quaternary nitrogens is 2. The molecule has 1 saturated heterocycles. The van der Waals surface area contributed by atoms with Gasteiger partial charge in [-0.05, 0) is 30.5 Å². The van der Waals surface area contributed by atoms with Crippen LogP contribution in [0.5, 0.6) is 0 Å². The third kappa shape index (κ3) is 4.60. The van der Waals surface area contributed by atoms with E-state index in [1.165, 1.54) is 48.2 Å². The first-order chi connectivity index (χ1) is 14.1. The van der Waals surface area contributed by atoms with E-state index in [4.69, 9.17) is 5.10 Å². The summed E-state index contributed by atoms with van der Waals surface area (Å²) in [5, 5.41) is 7.57. The Kier molecular flexibility index (Phi) is 6.12. The molecule has 4 heteroatoms. The van der Waals surface area contributed by atoms with Gasteiger partial charge in [-0.1, -0.05) is 49.4 Å². The number of aromatic nitrogens is 2. The third-order valence-electron chi connectivity index (χ3n) is 6.34. The van der Waals surface area contributed by atoms with Crippen molar-refractivity contribution in [2.24, 2.45) is 0 Å². The summed E-state index contributed by atoms with van der Waals surface area (Å²) in [6, 6.07) is 18.1. The zero-order chi connectivity index (χ0) is 20.2. The van der Waals surface area contributed by atoms with Gasteiger partial charge in [-0.2, -0.15) is 5.10 Å². The van der Waals surface area contributed by atoms with Gasteiger partial charge in [0.25, 0.3) is 0 Å². The summed E-state index contributed by atoms with van der Waals surface area (Å²) in [6.07, 6.45) is 5.91. The Balaban J connectivity index is 1.63. The molecule has 0 aliphatic carbocycles. The van der Waals surface area contributed by atoms with E-state index in [1.54, 1.807) is 4.90 Å². The number of rotatable bonds is 6. The minimum atomic E-state index is 0.732. The molecule has 0 unspecified atom stereocenters. The fourth-order valence-electron chi connectivity index (χ4n) is 4.31. The van der Waals surface area contributed by atoms with E-state index in [2.05, 4.69) is 85.6 Å². The zero-order valence-electron chi connectivity index (χ0n) is 18.0. The molecule has 0 spiro atoms.